The molecule has 0 aliphatic carbocycles. The summed E-state index contributed by atoms with van der Waals surface area (Å²) >= 11 is 0. The van der Waals surface area contributed by atoms with Crippen LogP contribution in [0.5, 0.6) is 5.75 Å². The molecule has 0 saturated heterocycles. The Morgan fingerprint density at radius 3 is 2.65 bits per heavy atom. The van der Waals surface area contributed by atoms with E-state index < -0.39 is 28.6 Å². The summed E-state index contributed by atoms with van der Waals surface area (Å²) in [5.41, 5.74) is 0.126. The number of aromatic hydroxyl groups is 1. The van der Waals surface area contributed by atoms with Crippen molar-refractivity contribution in [3.63, 3.8) is 0 Å². The van der Waals surface area contributed by atoms with E-state index in [0.29, 0.717) is 11.3 Å². The Labute approximate surface area is 148 Å². The Balaban J connectivity index is 2.23. The monoisotopic (exact) mass is 353 g/mol. The summed E-state index contributed by atoms with van der Waals surface area (Å²) in [6.45, 7) is 5.20. The highest BCUT2D eigenvalue weighted by Gasteiger charge is 2.22. The van der Waals surface area contributed by atoms with Gasteiger partial charge in [0.05, 0.1) is 11.9 Å². The van der Waals surface area contributed by atoms with E-state index in [1.807, 2.05) is 0 Å². The standard InChI is InChI=1S/C19H16FN3O3/c1-11(2)22-18(25)15-16(24)14-4-3-9-21-17(14)23(19(15)26)10-12-5-7-13(20)8-6-12/h3-9,24H,1,10H2,2H3,(H,22,25). The van der Waals surface area contributed by atoms with E-state index in [2.05, 4.69) is 16.9 Å². The minimum absolute atomic E-state index is 0.0697. The molecule has 0 aliphatic rings. The first kappa shape index (κ1) is 17.3. The molecule has 2 aromatic heterocycles. The van der Waals surface area contributed by atoms with E-state index >= 15 is 0 Å². The van der Waals surface area contributed by atoms with Gasteiger partial charge in [0.25, 0.3) is 11.5 Å². The first-order valence-electron chi connectivity index (χ1n) is 7.80. The fraction of sp³-hybridized carbons (Fsp3) is 0.105. The number of pyridine rings is 2. The molecule has 26 heavy (non-hydrogen) atoms. The molecule has 1 aromatic carbocycles. The van der Waals surface area contributed by atoms with Crippen LogP contribution in [0.3, 0.4) is 0 Å². The molecule has 2 N–H and O–H groups in total. The molecule has 0 spiro atoms. The van der Waals surface area contributed by atoms with Gasteiger partial charge in [0, 0.05) is 11.9 Å². The lowest BCUT2D eigenvalue weighted by Crippen LogP contribution is -2.33. The van der Waals surface area contributed by atoms with Gasteiger partial charge in [-0.05, 0) is 36.8 Å². The van der Waals surface area contributed by atoms with Gasteiger partial charge in [-0.2, -0.15) is 0 Å². The summed E-state index contributed by atoms with van der Waals surface area (Å²) in [5.74, 6) is -1.58. The number of fused-ring (bicyclic) bond motifs is 1. The first-order valence-corrected chi connectivity index (χ1v) is 7.80. The van der Waals surface area contributed by atoms with Gasteiger partial charge in [-0.15, -0.1) is 0 Å². The normalized spacial score (nSPS) is 10.7. The second-order valence-electron chi connectivity index (χ2n) is 5.85. The average Bonchev–Trinajstić information content (AvgIpc) is 2.60. The Kier molecular flexibility index (Phi) is 4.53. The van der Waals surface area contributed by atoms with Gasteiger partial charge in [-0.25, -0.2) is 9.37 Å². The van der Waals surface area contributed by atoms with Gasteiger partial charge >= 0.3 is 0 Å². The predicted molar refractivity (Wildman–Crippen MR) is 95.5 cm³/mol. The summed E-state index contributed by atoms with van der Waals surface area (Å²) < 4.78 is 14.4. The van der Waals surface area contributed by atoms with Crippen LogP contribution in [-0.4, -0.2) is 20.6 Å². The van der Waals surface area contributed by atoms with Crippen molar-refractivity contribution in [1.82, 2.24) is 14.9 Å². The van der Waals surface area contributed by atoms with E-state index in [-0.39, 0.29) is 17.6 Å². The minimum atomic E-state index is -0.751. The zero-order valence-corrected chi connectivity index (χ0v) is 14.0. The molecule has 132 valence electrons. The van der Waals surface area contributed by atoms with Gasteiger partial charge < -0.3 is 10.4 Å². The van der Waals surface area contributed by atoms with Crippen LogP contribution < -0.4 is 10.9 Å². The van der Waals surface area contributed by atoms with Gasteiger partial charge in [0.2, 0.25) is 0 Å². The maximum absolute atomic E-state index is 13.1. The SMILES string of the molecule is C=C(C)NC(=O)c1c(O)c2cccnc2n(Cc2ccc(F)cc2)c1=O. The van der Waals surface area contributed by atoms with Crippen LogP contribution in [0.25, 0.3) is 11.0 Å². The third-order valence-corrected chi connectivity index (χ3v) is 3.80. The topological polar surface area (TPSA) is 84.2 Å². The Bertz CT molecular complexity index is 1070. The maximum atomic E-state index is 13.1. The lowest BCUT2D eigenvalue weighted by Gasteiger charge is -2.14. The number of nitrogens with zero attached hydrogens (tertiary/aromatic N) is 2. The lowest BCUT2D eigenvalue weighted by atomic mass is 10.1. The molecular formula is C19H16FN3O3. The predicted octanol–water partition coefficient (Wildman–Crippen LogP) is 2.55. The van der Waals surface area contributed by atoms with Crippen molar-refractivity contribution in [2.75, 3.05) is 0 Å². The van der Waals surface area contributed by atoms with Crippen LogP contribution in [0.2, 0.25) is 0 Å². The zero-order valence-electron chi connectivity index (χ0n) is 14.0. The zero-order chi connectivity index (χ0) is 18.8. The molecule has 0 saturated carbocycles. The number of amides is 1. The van der Waals surface area contributed by atoms with Gasteiger partial charge in [0.1, 0.15) is 22.8 Å². The number of aromatic nitrogens is 2. The second kappa shape index (κ2) is 6.79. The molecule has 0 atom stereocenters. The lowest BCUT2D eigenvalue weighted by molar-refractivity contribution is 0.0961. The second-order valence-corrected chi connectivity index (χ2v) is 5.85. The Morgan fingerprint density at radius 2 is 2.00 bits per heavy atom. The summed E-state index contributed by atoms with van der Waals surface area (Å²) in [7, 11) is 0. The number of nitrogens with one attached hydrogen (secondary N) is 1. The molecule has 3 rings (SSSR count). The quantitative estimate of drug-likeness (QED) is 0.755. The van der Waals surface area contributed by atoms with Gasteiger partial charge in [-0.1, -0.05) is 18.7 Å². The van der Waals surface area contributed by atoms with Crippen molar-refractivity contribution in [1.29, 1.82) is 0 Å². The van der Waals surface area contributed by atoms with Crippen molar-refractivity contribution in [3.8, 4) is 5.75 Å². The van der Waals surface area contributed by atoms with Crippen LogP contribution in [0, 0.1) is 5.82 Å². The maximum Gasteiger partial charge on any atom is 0.269 e. The number of hydrogen-bond donors (Lipinski definition) is 2. The van der Waals surface area contributed by atoms with Crippen LogP contribution in [0.4, 0.5) is 4.39 Å². The molecule has 1 amide bonds. The highest BCUT2D eigenvalue weighted by molar-refractivity contribution is 6.02. The summed E-state index contributed by atoms with van der Waals surface area (Å²) in [6.07, 6.45) is 1.48. The third-order valence-electron chi connectivity index (χ3n) is 3.80. The van der Waals surface area contributed by atoms with Gasteiger partial charge in [-0.3, -0.25) is 14.2 Å². The van der Waals surface area contributed by atoms with Crippen LogP contribution in [0.15, 0.2) is 59.7 Å². The molecule has 6 nitrogen and oxygen atoms in total. The number of hydrogen-bond acceptors (Lipinski definition) is 4. The molecule has 7 heteroatoms. The molecule has 3 aromatic rings. The van der Waals surface area contributed by atoms with E-state index in [0.717, 1.165) is 0 Å². The summed E-state index contributed by atoms with van der Waals surface area (Å²) in [4.78, 5) is 29.4. The fourth-order valence-corrected chi connectivity index (χ4v) is 2.64. The number of benzene rings is 1. The smallest absolute Gasteiger partial charge is 0.269 e. The largest absolute Gasteiger partial charge is 0.506 e. The van der Waals surface area contributed by atoms with Crippen LogP contribution >= 0.6 is 0 Å². The Hall–Kier alpha value is -3.48. The van der Waals surface area contributed by atoms with Gasteiger partial charge in [0.15, 0.2) is 0 Å². The van der Waals surface area contributed by atoms with Crippen molar-refractivity contribution in [3.05, 3.63) is 82.2 Å². The van der Waals surface area contributed by atoms with E-state index in [1.54, 1.807) is 19.1 Å². The van der Waals surface area contributed by atoms with Crippen LogP contribution in [-0.2, 0) is 6.54 Å². The van der Waals surface area contributed by atoms with E-state index in [1.165, 1.54) is 35.0 Å². The number of carbonyl (C=O) groups is 1. The number of allylic oxidation sites excluding steroid dienone is 1. The summed E-state index contributed by atoms with van der Waals surface area (Å²) in [5, 5.41) is 13.1. The van der Waals surface area contributed by atoms with E-state index in [9.17, 15) is 19.1 Å². The molecule has 0 unspecified atom stereocenters. The van der Waals surface area contributed by atoms with Crippen molar-refractivity contribution in [2.24, 2.45) is 0 Å². The molecule has 2 heterocycles. The number of rotatable bonds is 4. The van der Waals surface area contributed by atoms with Crippen LogP contribution in [0.1, 0.15) is 22.8 Å². The first-order chi connectivity index (χ1) is 12.4. The van der Waals surface area contributed by atoms with Crippen molar-refractivity contribution in [2.45, 2.75) is 13.5 Å². The average molecular weight is 353 g/mol. The molecule has 0 fully saturated rings. The minimum Gasteiger partial charge on any atom is -0.506 e. The van der Waals surface area contributed by atoms with Crippen molar-refractivity contribution >= 4 is 16.9 Å². The number of carbonyl (C=O) groups excluding carboxylic acids is 1. The molecule has 0 bridgehead atoms. The Morgan fingerprint density at radius 1 is 1.31 bits per heavy atom. The fourth-order valence-electron chi connectivity index (χ4n) is 2.64. The molecule has 0 aliphatic heterocycles. The molecule has 0 radical (unpaired) electrons. The summed E-state index contributed by atoms with van der Waals surface area (Å²) in [6, 6.07) is 8.80. The number of halogens is 1. The highest BCUT2D eigenvalue weighted by atomic mass is 19.1. The molecular weight excluding hydrogens is 337 g/mol. The van der Waals surface area contributed by atoms with Crippen molar-refractivity contribution < 1.29 is 14.3 Å². The highest BCUT2D eigenvalue weighted by Crippen LogP contribution is 2.25. The van der Waals surface area contributed by atoms with E-state index in [4.69, 9.17) is 0 Å². The third kappa shape index (κ3) is 3.19.